The van der Waals surface area contributed by atoms with E-state index in [0.29, 0.717) is 12.3 Å². The molecular formula is C8H18N2O2S. The normalized spacial score (nSPS) is 15.1. The van der Waals surface area contributed by atoms with Crippen LogP contribution in [0.2, 0.25) is 0 Å². The van der Waals surface area contributed by atoms with Gasteiger partial charge in [-0.25, -0.2) is 0 Å². The molecule has 1 atom stereocenters. The highest BCUT2D eigenvalue weighted by Crippen LogP contribution is 2.08. The molecule has 4 nitrogen and oxygen atoms in total. The van der Waals surface area contributed by atoms with Gasteiger partial charge in [0.05, 0.1) is 12.1 Å². The smallest absolute Gasteiger partial charge is 0.234 e. The van der Waals surface area contributed by atoms with Crippen LogP contribution in [0.3, 0.4) is 0 Å². The molecule has 1 amide bonds. The predicted octanol–water partition coefficient (Wildman–Crippen LogP) is -0.564. The fourth-order valence-electron chi connectivity index (χ4n) is 0.874. The average molecular weight is 206 g/mol. The highest BCUT2D eigenvalue weighted by molar-refractivity contribution is 7.98. The minimum Gasteiger partial charge on any atom is -0.387 e. The molecule has 1 unspecified atom stereocenters. The Bertz CT molecular complexity index is 162. The highest BCUT2D eigenvalue weighted by atomic mass is 32.2. The quantitative estimate of drug-likeness (QED) is 0.545. The van der Waals surface area contributed by atoms with Gasteiger partial charge in [0.1, 0.15) is 0 Å². The fourth-order valence-corrected chi connectivity index (χ4v) is 1.60. The maximum absolute atomic E-state index is 11.0. The Morgan fingerprint density at radius 1 is 1.62 bits per heavy atom. The molecular weight excluding hydrogens is 188 g/mol. The summed E-state index contributed by atoms with van der Waals surface area (Å²) in [6.07, 6.45) is 1.92. The van der Waals surface area contributed by atoms with Crippen molar-refractivity contribution < 1.29 is 9.90 Å². The van der Waals surface area contributed by atoms with Crippen molar-refractivity contribution in [3.8, 4) is 0 Å². The van der Waals surface area contributed by atoms with Gasteiger partial charge in [0, 0.05) is 12.3 Å². The molecule has 0 saturated heterocycles. The first kappa shape index (κ1) is 12.7. The molecule has 0 heterocycles. The molecule has 3 N–H and O–H groups in total. The fraction of sp³-hybridized carbons (Fsp3) is 0.875. The summed E-state index contributed by atoms with van der Waals surface area (Å²) in [5.74, 6) is 0.524. The SMILES string of the molecule is CNCC(=O)NCC(C)(O)CSC. The lowest BCUT2D eigenvalue weighted by Gasteiger charge is -2.22. The second-order valence-electron chi connectivity index (χ2n) is 3.24. The Balaban J connectivity index is 3.67. The van der Waals surface area contributed by atoms with Crippen LogP contribution in [0.4, 0.5) is 0 Å². The average Bonchev–Trinajstić information content (AvgIpc) is 2.02. The molecule has 78 valence electrons. The molecule has 13 heavy (non-hydrogen) atoms. The number of amides is 1. The summed E-state index contributed by atoms with van der Waals surface area (Å²) in [7, 11) is 1.71. The molecule has 0 aliphatic carbocycles. The van der Waals surface area contributed by atoms with Crippen LogP contribution in [0.5, 0.6) is 0 Å². The van der Waals surface area contributed by atoms with E-state index in [0.717, 1.165) is 0 Å². The van der Waals surface area contributed by atoms with E-state index < -0.39 is 5.60 Å². The van der Waals surface area contributed by atoms with Crippen LogP contribution < -0.4 is 10.6 Å². The molecule has 0 aromatic rings. The van der Waals surface area contributed by atoms with Gasteiger partial charge in [0.2, 0.25) is 5.91 Å². The van der Waals surface area contributed by atoms with Crippen LogP contribution in [0.15, 0.2) is 0 Å². The number of carbonyl (C=O) groups is 1. The summed E-state index contributed by atoms with van der Waals surface area (Å²) in [6.45, 7) is 2.30. The molecule has 0 aliphatic rings. The Kier molecular flexibility index (Phi) is 6.11. The third-order valence-electron chi connectivity index (χ3n) is 1.46. The molecule has 0 spiro atoms. The summed E-state index contributed by atoms with van der Waals surface area (Å²) in [6, 6.07) is 0. The minimum absolute atomic E-state index is 0.0936. The molecule has 0 rings (SSSR count). The topological polar surface area (TPSA) is 61.4 Å². The van der Waals surface area contributed by atoms with Gasteiger partial charge in [-0.05, 0) is 20.2 Å². The largest absolute Gasteiger partial charge is 0.387 e. The number of rotatable bonds is 6. The first-order valence-electron chi connectivity index (χ1n) is 4.14. The number of thioether (sulfide) groups is 1. The third-order valence-corrected chi connectivity index (χ3v) is 2.37. The number of nitrogens with one attached hydrogen (secondary N) is 2. The number of carbonyl (C=O) groups excluding carboxylic acids is 1. The molecule has 0 aromatic heterocycles. The summed E-state index contributed by atoms with van der Waals surface area (Å²) in [5, 5.41) is 15.1. The van der Waals surface area contributed by atoms with Crippen LogP contribution in [-0.2, 0) is 4.79 Å². The molecule has 0 fully saturated rings. The van der Waals surface area contributed by atoms with Crippen LogP contribution in [0.25, 0.3) is 0 Å². The zero-order valence-electron chi connectivity index (χ0n) is 8.39. The molecule has 0 radical (unpaired) electrons. The lowest BCUT2D eigenvalue weighted by atomic mass is 10.1. The Hall–Kier alpha value is -0.260. The van der Waals surface area contributed by atoms with E-state index in [-0.39, 0.29) is 12.5 Å². The highest BCUT2D eigenvalue weighted by Gasteiger charge is 2.19. The number of hydrogen-bond acceptors (Lipinski definition) is 4. The van der Waals surface area contributed by atoms with E-state index in [4.69, 9.17) is 0 Å². The van der Waals surface area contributed by atoms with Crippen molar-refractivity contribution in [2.45, 2.75) is 12.5 Å². The standard InChI is InChI=1S/C8H18N2O2S/c1-8(12,6-13-3)5-10-7(11)4-9-2/h9,12H,4-6H2,1-3H3,(H,10,11). The van der Waals surface area contributed by atoms with Gasteiger partial charge in [-0.15, -0.1) is 0 Å². The summed E-state index contributed by atoms with van der Waals surface area (Å²) in [5.41, 5.74) is -0.817. The van der Waals surface area contributed by atoms with Crippen molar-refractivity contribution in [3.05, 3.63) is 0 Å². The van der Waals surface area contributed by atoms with E-state index in [1.54, 1.807) is 25.7 Å². The van der Waals surface area contributed by atoms with Crippen molar-refractivity contribution in [2.75, 3.05) is 32.1 Å². The first-order valence-corrected chi connectivity index (χ1v) is 5.54. The molecule has 0 saturated carbocycles. The first-order chi connectivity index (χ1) is 6.02. The number of hydrogen-bond donors (Lipinski definition) is 3. The van der Waals surface area contributed by atoms with Crippen molar-refractivity contribution in [1.82, 2.24) is 10.6 Å². The zero-order chi connectivity index (χ0) is 10.3. The van der Waals surface area contributed by atoms with Gasteiger partial charge in [0.25, 0.3) is 0 Å². The second kappa shape index (κ2) is 6.23. The Morgan fingerprint density at radius 3 is 2.69 bits per heavy atom. The van der Waals surface area contributed by atoms with Crippen molar-refractivity contribution in [3.63, 3.8) is 0 Å². The van der Waals surface area contributed by atoms with E-state index in [9.17, 15) is 9.90 Å². The van der Waals surface area contributed by atoms with Gasteiger partial charge in [-0.1, -0.05) is 0 Å². The number of aliphatic hydroxyl groups is 1. The van der Waals surface area contributed by atoms with Crippen LogP contribution in [-0.4, -0.2) is 48.8 Å². The molecule has 0 aromatic carbocycles. The monoisotopic (exact) mass is 206 g/mol. The molecule has 0 aliphatic heterocycles. The van der Waals surface area contributed by atoms with E-state index in [1.165, 1.54) is 0 Å². The minimum atomic E-state index is -0.817. The van der Waals surface area contributed by atoms with E-state index >= 15 is 0 Å². The van der Waals surface area contributed by atoms with Crippen molar-refractivity contribution >= 4 is 17.7 Å². The Labute approximate surface area is 83.5 Å². The van der Waals surface area contributed by atoms with Crippen molar-refractivity contribution in [1.29, 1.82) is 0 Å². The van der Waals surface area contributed by atoms with E-state index in [1.807, 2.05) is 6.26 Å². The Morgan fingerprint density at radius 2 is 2.23 bits per heavy atom. The molecule has 0 bridgehead atoms. The maximum atomic E-state index is 11.0. The predicted molar refractivity (Wildman–Crippen MR) is 55.9 cm³/mol. The summed E-state index contributed by atoms with van der Waals surface area (Å²) in [4.78, 5) is 11.0. The van der Waals surface area contributed by atoms with Gasteiger partial charge >= 0.3 is 0 Å². The van der Waals surface area contributed by atoms with Gasteiger partial charge < -0.3 is 15.7 Å². The van der Waals surface area contributed by atoms with Crippen molar-refractivity contribution in [2.24, 2.45) is 0 Å². The lowest BCUT2D eigenvalue weighted by Crippen LogP contribution is -2.44. The zero-order valence-corrected chi connectivity index (χ0v) is 9.20. The van der Waals surface area contributed by atoms with Gasteiger partial charge in [-0.2, -0.15) is 11.8 Å². The van der Waals surface area contributed by atoms with Crippen LogP contribution >= 0.6 is 11.8 Å². The second-order valence-corrected chi connectivity index (χ2v) is 4.10. The van der Waals surface area contributed by atoms with Crippen LogP contribution in [0, 0.1) is 0 Å². The lowest BCUT2D eigenvalue weighted by molar-refractivity contribution is -0.121. The third kappa shape index (κ3) is 6.86. The van der Waals surface area contributed by atoms with Gasteiger partial charge in [0.15, 0.2) is 0 Å². The van der Waals surface area contributed by atoms with Gasteiger partial charge in [-0.3, -0.25) is 4.79 Å². The van der Waals surface area contributed by atoms with E-state index in [2.05, 4.69) is 10.6 Å². The molecule has 5 heteroatoms. The number of likely N-dealkylation sites (N-methyl/N-ethyl adjacent to an activating group) is 1. The summed E-state index contributed by atoms with van der Waals surface area (Å²) >= 11 is 1.56. The van der Waals surface area contributed by atoms with Crippen LogP contribution in [0.1, 0.15) is 6.92 Å². The summed E-state index contributed by atoms with van der Waals surface area (Å²) < 4.78 is 0. The maximum Gasteiger partial charge on any atom is 0.234 e.